The van der Waals surface area contributed by atoms with Gasteiger partial charge in [-0.1, -0.05) is 6.92 Å². The number of amides is 1. The fourth-order valence-corrected chi connectivity index (χ4v) is 2.30. The number of nitrogens with one attached hydrogen (secondary N) is 1. The summed E-state index contributed by atoms with van der Waals surface area (Å²) in [6.45, 7) is 3.70. The van der Waals surface area contributed by atoms with Gasteiger partial charge in [-0.05, 0) is 37.6 Å². The van der Waals surface area contributed by atoms with Gasteiger partial charge in [0.15, 0.2) is 0 Å². The van der Waals surface area contributed by atoms with E-state index in [0.29, 0.717) is 6.42 Å². The molecule has 0 aromatic heterocycles. The molecule has 1 aromatic carbocycles. The molecule has 1 aromatic rings. The highest BCUT2D eigenvalue weighted by Gasteiger charge is 2.17. The standard InChI is InChI=1S/C14H18N2O2S/c1-4-11(9-15)16-14(17)10(2)19-13-7-5-12(18-3)6-8-13/h5-8,10-11H,4H2,1-3H3,(H,16,17)/t10-,11+/m0/s1. The van der Waals surface area contributed by atoms with Crippen molar-refractivity contribution in [3.8, 4) is 11.8 Å². The molecule has 1 rings (SSSR count). The lowest BCUT2D eigenvalue weighted by Crippen LogP contribution is -2.38. The highest BCUT2D eigenvalue weighted by Crippen LogP contribution is 2.25. The first kappa shape index (κ1) is 15.4. The summed E-state index contributed by atoms with van der Waals surface area (Å²) in [5.74, 6) is 0.672. The van der Waals surface area contributed by atoms with Crippen molar-refractivity contribution in [1.29, 1.82) is 5.26 Å². The Kier molecular flexibility index (Phi) is 6.23. The lowest BCUT2D eigenvalue weighted by molar-refractivity contribution is -0.120. The number of thioether (sulfide) groups is 1. The van der Waals surface area contributed by atoms with Gasteiger partial charge in [0.25, 0.3) is 0 Å². The van der Waals surface area contributed by atoms with E-state index in [1.807, 2.05) is 38.1 Å². The molecule has 0 fully saturated rings. The van der Waals surface area contributed by atoms with Crippen molar-refractivity contribution in [1.82, 2.24) is 5.32 Å². The molecule has 0 saturated heterocycles. The van der Waals surface area contributed by atoms with Crippen LogP contribution in [0.2, 0.25) is 0 Å². The third kappa shape index (κ3) is 4.84. The minimum Gasteiger partial charge on any atom is -0.497 e. The van der Waals surface area contributed by atoms with E-state index < -0.39 is 6.04 Å². The third-order valence-electron chi connectivity index (χ3n) is 2.62. The molecule has 4 nitrogen and oxygen atoms in total. The van der Waals surface area contributed by atoms with Crippen LogP contribution in [0.5, 0.6) is 5.75 Å². The number of hydrogen-bond acceptors (Lipinski definition) is 4. The summed E-state index contributed by atoms with van der Waals surface area (Å²) in [6.07, 6.45) is 0.613. The van der Waals surface area contributed by atoms with E-state index in [1.165, 1.54) is 11.8 Å². The van der Waals surface area contributed by atoms with Gasteiger partial charge in [0, 0.05) is 4.90 Å². The molecular formula is C14H18N2O2S. The molecule has 0 bridgehead atoms. The van der Waals surface area contributed by atoms with Crippen LogP contribution >= 0.6 is 11.8 Å². The largest absolute Gasteiger partial charge is 0.497 e. The Balaban J connectivity index is 2.56. The number of benzene rings is 1. The second-order valence-electron chi connectivity index (χ2n) is 4.03. The Morgan fingerprint density at radius 2 is 2.11 bits per heavy atom. The van der Waals surface area contributed by atoms with E-state index >= 15 is 0 Å². The van der Waals surface area contributed by atoms with Crippen LogP contribution in [-0.2, 0) is 4.79 Å². The fourth-order valence-electron chi connectivity index (χ4n) is 1.43. The van der Waals surface area contributed by atoms with Crippen LogP contribution in [-0.4, -0.2) is 24.3 Å². The summed E-state index contributed by atoms with van der Waals surface area (Å²) >= 11 is 1.46. The van der Waals surface area contributed by atoms with Gasteiger partial charge in [0.05, 0.1) is 18.4 Å². The topological polar surface area (TPSA) is 62.1 Å². The number of nitriles is 1. The zero-order valence-electron chi connectivity index (χ0n) is 11.3. The minimum atomic E-state index is -0.411. The van der Waals surface area contributed by atoms with E-state index in [0.717, 1.165) is 10.6 Å². The van der Waals surface area contributed by atoms with Gasteiger partial charge in [0.1, 0.15) is 11.8 Å². The monoisotopic (exact) mass is 278 g/mol. The predicted octanol–water partition coefficient (Wildman–Crippen LogP) is 2.59. The molecule has 0 spiro atoms. The Hall–Kier alpha value is -1.67. The molecule has 19 heavy (non-hydrogen) atoms. The van der Waals surface area contributed by atoms with E-state index in [1.54, 1.807) is 7.11 Å². The summed E-state index contributed by atoms with van der Waals surface area (Å²) in [4.78, 5) is 12.9. The molecule has 0 aliphatic rings. The first-order chi connectivity index (χ1) is 9.10. The number of methoxy groups -OCH3 is 1. The van der Waals surface area contributed by atoms with Gasteiger partial charge in [-0.3, -0.25) is 4.79 Å². The van der Waals surface area contributed by atoms with Gasteiger partial charge in [-0.15, -0.1) is 11.8 Å². The lowest BCUT2D eigenvalue weighted by Gasteiger charge is -2.14. The second-order valence-corrected chi connectivity index (χ2v) is 5.45. The second kappa shape index (κ2) is 7.70. The highest BCUT2D eigenvalue weighted by molar-refractivity contribution is 8.00. The van der Waals surface area contributed by atoms with Crippen LogP contribution in [0.1, 0.15) is 20.3 Å². The summed E-state index contributed by atoms with van der Waals surface area (Å²) in [5, 5.41) is 11.3. The molecule has 0 unspecified atom stereocenters. The number of rotatable bonds is 6. The summed E-state index contributed by atoms with van der Waals surface area (Å²) in [7, 11) is 1.62. The minimum absolute atomic E-state index is 0.116. The van der Waals surface area contributed by atoms with Crippen molar-refractivity contribution < 1.29 is 9.53 Å². The highest BCUT2D eigenvalue weighted by atomic mass is 32.2. The van der Waals surface area contributed by atoms with Crippen molar-refractivity contribution >= 4 is 17.7 Å². The molecule has 0 aliphatic carbocycles. The van der Waals surface area contributed by atoms with Crippen molar-refractivity contribution in [2.24, 2.45) is 0 Å². The summed E-state index contributed by atoms with van der Waals surface area (Å²) in [5.41, 5.74) is 0. The number of carbonyl (C=O) groups excluding carboxylic acids is 1. The molecule has 0 saturated carbocycles. The first-order valence-electron chi connectivity index (χ1n) is 6.11. The number of carbonyl (C=O) groups is 1. The molecule has 0 aliphatic heterocycles. The SMILES string of the molecule is CC[C@H](C#N)NC(=O)[C@H](C)Sc1ccc(OC)cc1. The first-order valence-corrected chi connectivity index (χ1v) is 6.99. The van der Waals surface area contributed by atoms with Crippen molar-refractivity contribution in [2.45, 2.75) is 36.5 Å². The van der Waals surface area contributed by atoms with Gasteiger partial charge < -0.3 is 10.1 Å². The van der Waals surface area contributed by atoms with Gasteiger partial charge in [-0.25, -0.2) is 0 Å². The average molecular weight is 278 g/mol. The van der Waals surface area contributed by atoms with Gasteiger partial charge in [-0.2, -0.15) is 5.26 Å². The molecule has 102 valence electrons. The average Bonchev–Trinajstić information content (AvgIpc) is 2.45. The van der Waals surface area contributed by atoms with Crippen LogP contribution in [0, 0.1) is 11.3 Å². The van der Waals surface area contributed by atoms with E-state index in [2.05, 4.69) is 11.4 Å². The third-order valence-corrected chi connectivity index (χ3v) is 3.73. The maximum absolute atomic E-state index is 11.9. The molecule has 1 amide bonds. The van der Waals surface area contributed by atoms with Crippen LogP contribution in [0.4, 0.5) is 0 Å². The smallest absolute Gasteiger partial charge is 0.234 e. The molecule has 0 radical (unpaired) electrons. The van der Waals surface area contributed by atoms with E-state index in [4.69, 9.17) is 10.00 Å². The van der Waals surface area contributed by atoms with E-state index in [9.17, 15) is 4.79 Å². The molecule has 0 heterocycles. The van der Waals surface area contributed by atoms with Crippen LogP contribution in [0.15, 0.2) is 29.2 Å². The zero-order chi connectivity index (χ0) is 14.3. The van der Waals surface area contributed by atoms with E-state index in [-0.39, 0.29) is 11.2 Å². The van der Waals surface area contributed by atoms with Gasteiger partial charge >= 0.3 is 0 Å². The van der Waals surface area contributed by atoms with Gasteiger partial charge in [0.2, 0.25) is 5.91 Å². The fraction of sp³-hybridized carbons (Fsp3) is 0.429. The van der Waals surface area contributed by atoms with Crippen LogP contribution in [0.25, 0.3) is 0 Å². The summed E-state index contributed by atoms with van der Waals surface area (Å²) < 4.78 is 5.08. The van der Waals surface area contributed by atoms with Crippen molar-refractivity contribution in [2.75, 3.05) is 7.11 Å². The Morgan fingerprint density at radius 1 is 1.47 bits per heavy atom. The number of ether oxygens (including phenoxy) is 1. The maximum atomic E-state index is 11.9. The summed E-state index contributed by atoms with van der Waals surface area (Å²) in [6, 6.07) is 9.19. The maximum Gasteiger partial charge on any atom is 0.234 e. The number of nitrogens with zero attached hydrogens (tertiary/aromatic N) is 1. The quantitative estimate of drug-likeness (QED) is 0.812. The molecular weight excluding hydrogens is 260 g/mol. The van der Waals surface area contributed by atoms with Crippen molar-refractivity contribution in [3.63, 3.8) is 0 Å². The molecule has 5 heteroatoms. The normalized spacial score (nSPS) is 13.2. The molecule has 2 atom stereocenters. The Bertz CT molecular complexity index is 454. The van der Waals surface area contributed by atoms with Crippen LogP contribution < -0.4 is 10.1 Å². The Labute approximate surface area is 118 Å². The Morgan fingerprint density at radius 3 is 2.58 bits per heavy atom. The molecule has 1 N–H and O–H groups in total. The van der Waals surface area contributed by atoms with Crippen LogP contribution in [0.3, 0.4) is 0 Å². The number of hydrogen-bond donors (Lipinski definition) is 1. The lowest BCUT2D eigenvalue weighted by atomic mass is 10.2. The predicted molar refractivity (Wildman–Crippen MR) is 76.1 cm³/mol. The zero-order valence-corrected chi connectivity index (χ0v) is 12.2. The van der Waals surface area contributed by atoms with Crippen molar-refractivity contribution in [3.05, 3.63) is 24.3 Å².